The third kappa shape index (κ3) is 6.40. The van der Waals surface area contributed by atoms with Crippen molar-refractivity contribution in [2.75, 3.05) is 39.8 Å². The predicted molar refractivity (Wildman–Crippen MR) is 162 cm³/mol. The summed E-state index contributed by atoms with van der Waals surface area (Å²) in [5.41, 5.74) is 6.50. The van der Waals surface area contributed by atoms with Gasteiger partial charge in [-0.3, -0.25) is 19.4 Å². The summed E-state index contributed by atoms with van der Waals surface area (Å²) in [5.74, 6) is -0.591. The number of nitrogens with one attached hydrogen (secondary N) is 1. The van der Waals surface area contributed by atoms with E-state index >= 15 is 0 Å². The van der Waals surface area contributed by atoms with Gasteiger partial charge >= 0.3 is 11.3 Å². The van der Waals surface area contributed by atoms with Crippen LogP contribution in [0.1, 0.15) is 58.9 Å². The monoisotopic (exact) mass is 574 g/mol. The van der Waals surface area contributed by atoms with Crippen molar-refractivity contribution in [2.45, 2.75) is 76.9 Å². The lowest BCUT2D eigenvalue weighted by Gasteiger charge is -2.39. The van der Waals surface area contributed by atoms with E-state index in [-0.39, 0.29) is 41.6 Å². The van der Waals surface area contributed by atoms with Crippen molar-refractivity contribution in [3.05, 3.63) is 35.9 Å². The highest BCUT2D eigenvalue weighted by atomic mass is 32.2. The Labute approximate surface area is 239 Å². The zero-order valence-electron chi connectivity index (χ0n) is 24.6. The smallest absolute Gasteiger partial charge is 0.358 e. The van der Waals surface area contributed by atoms with E-state index in [1.54, 1.807) is 0 Å². The number of carbonyl (C=O) groups excluding carboxylic acids is 3. The second kappa shape index (κ2) is 12.6. The maximum absolute atomic E-state index is 14.6. The van der Waals surface area contributed by atoms with Gasteiger partial charge in [0.1, 0.15) is 12.2 Å². The molecule has 3 aliphatic heterocycles. The number of nitrogens with two attached hydrogens (primary N) is 1. The number of ether oxygens (including phenoxy) is 2. The summed E-state index contributed by atoms with van der Waals surface area (Å²) < 4.78 is 11.7. The van der Waals surface area contributed by atoms with Crippen LogP contribution in [0, 0.1) is 5.92 Å². The molecule has 9 nitrogen and oxygen atoms in total. The van der Waals surface area contributed by atoms with E-state index in [1.165, 1.54) is 0 Å². The minimum atomic E-state index is -2.52. The van der Waals surface area contributed by atoms with E-state index in [9.17, 15) is 14.4 Å². The molecular weight excluding hydrogens is 528 g/mol. The van der Waals surface area contributed by atoms with Crippen molar-refractivity contribution in [2.24, 2.45) is 11.7 Å². The Balaban J connectivity index is 1.75. The lowest BCUT2D eigenvalue weighted by Crippen LogP contribution is -2.44. The average Bonchev–Trinajstić information content (AvgIpc) is 3.15. The molecule has 0 saturated carbocycles. The van der Waals surface area contributed by atoms with Gasteiger partial charge in [0.15, 0.2) is 0 Å². The maximum Gasteiger partial charge on any atom is 0.358 e. The van der Waals surface area contributed by atoms with Crippen molar-refractivity contribution in [3.8, 4) is 0 Å². The minimum absolute atomic E-state index is 0.0922. The van der Waals surface area contributed by atoms with Crippen LogP contribution in [0.25, 0.3) is 0 Å². The molecule has 2 fully saturated rings. The third-order valence-electron chi connectivity index (χ3n) is 8.19. The van der Waals surface area contributed by atoms with Gasteiger partial charge in [-0.05, 0) is 92.2 Å². The molecule has 1 aromatic rings. The summed E-state index contributed by atoms with van der Waals surface area (Å²) in [6.07, 6.45) is 3.14. The van der Waals surface area contributed by atoms with Crippen LogP contribution in [0.3, 0.4) is 0 Å². The highest BCUT2D eigenvalue weighted by Gasteiger charge is 2.47. The molecule has 1 amide bonds. The zero-order chi connectivity index (χ0) is 29.1. The molecule has 0 radical (unpaired) electrons. The van der Waals surface area contributed by atoms with E-state index in [0.29, 0.717) is 30.8 Å². The summed E-state index contributed by atoms with van der Waals surface area (Å²) >= 11 is 0. The van der Waals surface area contributed by atoms with E-state index in [0.717, 1.165) is 36.5 Å². The van der Waals surface area contributed by atoms with Gasteiger partial charge in [0, 0.05) is 22.2 Å². The van der Waals surface area contributed by atoms with Crippen LogP contribution in [0.5, 0.6) is 0 Å². The van der Waals surface area contributed by atoms with Gasteiger partial charge in [0.05, 0.1) is 11.4 Å². The molecule has 1 aromatic carbocycles. The fourth-order valence-corrected chi connectivity index (χ4v) is 11.5. The SMILES string of the molecule is CC1C(C(N)=O)=S(C(=O)OCc2ccccc2)(C2CCN(CC(=O)OC(C)(C)C)CC2)=C(C2CCNCC2)N1C. The molecule has 3 N–H and O–H groups in total. The van der Waals surface area contributed by atoms with Crippen LogP contribution >= 0.6 is 9.21 Å². The molecule has 10 heteroatoms. The van der Waals surface area contributed by atoms with Crippen LogP contribution in [0.2, 0.25) is 0 Å². The van der Waals surface area contributed by atoms with Crippen molar-refractivity contribution < 1.29 is 23.9 Å². The first kappa shape index (κ1) is 30.6. The minimum Gasteiger partial charge on any atom is -0.459 e. The van der Waals surface area contributed by atoms with E-state index in [4.69, 9.17) is 15.2 Å². The number of likely N-dealkylation sites (tertiary alicyclic amines) is 1. The Morgan fingerprint density at radius 1 is 1.05 bits per heavy atom. The average molecular weight is 575 g/mol. The number of piperidine rings is 2. The van der Waals surface area contributed by atoms with Crippen molar-refractivity contribution in [1.29, 1.82) is 0 Å². The molecule has 0 spiro atoms. The quantitative estimate of drug-likeness (QED) is 0.377. The molecule has 4 rings (SSSR count). The van der Waals surface area contributed by atoms with E-state index in [1.807, 2.05) is 65.1 Å². The number of carbonyl (C=O) groups is 3. The summed E-state index contributed by atoms with van der Waals surface area (Å²) in [5, 5.41) is 3.04. The standard InChI is InChI=1S/C30H46N4O5S/c1-21-26(27(31)36)40(28(33(21)5)23-11-15-32-16-12-23,29(37)38-20-22-9-7-6-8-10-22)24-13-17-34(18-14-24)19-25(35)39-30(2,3)4/h6-10,21,23-24,32H,11-20H2,1-5H3,(H2,31,36). The number of hydrogen-bond acceptors (Lipinski definition) is 8. The highest BCUT2D eigenvalue weighted by molar-refractivity contribution is 8.43. The second-order valence-corrected chi connectivity index (χ2v) is 15.3. The van der Waals surface area contributed by atoms with Crippen molar-refractivity contribution in [1.82, 2.24) is 15.1 Å². The normalized spacial score (nSPS) is 25.7. The van der Waals surface area contributed by atoms with Gasteiger partial charge < -0.3 is 20.5 Å². The number of amides is 1. The maximum atomic E-state index is 14.6. The van der Waals surface area contributed by atoms with Crippen LogP contribution in [-0.4, -0.2) is 93.5 Å². The van der Waals surface area contributed by atoms with Gasteiger partial charge in [-0.2, -0.15) is 0 Å². The van der Waals surface area contributed by atoms with Gasteiger partial charge in [-0.15, -0.1) is 0 Å². The molecule has 2 unspecified atom stereocenters. The number of esters is 1. The van der Waals surface area contributed by atoms with Crippen molar-refractivity contribution in [3.63, 3.8) is 0 Å². The molecular formula is C30H46N4O5S. The fourth-order valence-electron chi connectivity index (χ4n) is 6.41. The largest absolute Gasteiger partial charge is 0.459 e. The number of hydrogen-bond donors (Lipinski definition) is 2. The summed E-state index contributed by atoms with van der Waals surface area (Å²) in [7, 11) is -0.517. The molecule has 2 saturated heterocycles. The van der Waals surface area contributed by atoms with Gasteiger partial charge in [-0.1, -0.05) is 39.5 Å². The van der Waals surface area contributed by atoms with Gasteiger partial charge in [0.2, 0.25) is 0 Å². The Morgan fingerprint density at radius 3 is 2.25 bits per heavy atom. The fraction of sp³-hybridized carbons (Fsp3) is 0.633. The third-order valence-corrected chi connectivity index (χ3v) is 12.8. The summed E-state index contributed by atoms with van der Waals surface area (Å²) in [4.78, 5) is 46.1. The Kier molecular flexibility index (Phi) is 9.65. The zero-order valence-corrected chi connectivity index (χ0v) is 25.4. The lowest BCUT2D eigenvalue weighted by molar-refractivity contribution is -0.156. The van der Waals surface area contributed by atoms with Gasteiger partial charge in [0.25, 0.3) is 5.91 Å². The molecule has 2 atom stereocenters. The first-order chi connectivity index (χ1) is 18.9. The number of benzene rings is 1. The van der Waals surface area contributed by atoms with Crippen LogP contribution in [0.4, 0.5) is 4.79 Å². The predicted octanol–water partition coefficient (Wildman–Crippen LogP) is 3.06. The molecule has 0 bridgehead atoms. The molecule has 3 aliphatic rings. The Morgan fingerprint density at radius 2 is 1.68 bits per heavy atom. The second-order valence-electron chi connectivity index (χ2n) is 12.1. The molecule has 3 heterocycles. The van der Waals surface area contributed by atoms with Crippen LogP contribution in [-0.2, 0) is 25.7 Å². The van der Waals surface area contributed by atoms with Crippen LogP contribution in [0.15, 0.2) is 30.3 Å². The first-order valence-corrected chi connectivity index (χ1v) is 16.1. The Hall–Kier alpha value is -2.40. The topological polar surface area (TPSA) is 114 Å². The summed E-state index contributed by atoms with van der Waals surface area (Å²) in [6, 6.07) is 9.37. The number of rotatable bonds is 7. The van der Waals surface area contributed by atoms with E-state index < -0.39 is 20.7 Å². The van der Waals surface area contributed by atoms with Crippen LogP contribution < -0.4 is 11.1 Å². The number of nitrogens with zero attached hydrogens (tertiary/aromatic N) is 2. The molecule has 0 aromatic heterocycles. The molecule has 40 heavy (non-hydrogen) atoms. The molecule has 0 aliphatic carbocycles. The summed E-state index contributed by atoms with van der Waals surface area (Å²) in [6.45, 7) is 10.9. The first-order valence-electron chi connectivity index (χ1n) is 14.4. The highest BCUT2D eigenvalue weighted by Crippen LogP contribution is 2.50. The Bertz CT molecular complexity index is 1220. The lowest BCUT2D eigenvalue weighted by atomic mass is 9.97. The molecule has 222 valence electrons. The van der Waals surface area contributed by atoms with E-state index in [2.05, 4.69) is 15.1 Å². The van der Waals surface area contributed by atoms with Crippen molar-refractivity contribution >= 4 is 36.2 Å². The van der Waals surface area contributed by atoms with Gasteiger partial charge in [-0.25, -0.2) is 4.79 Å². The number of primary amides is 1.